The van der Waals surface area contributed by atoms with Crippen LogP contribution in [0.3, 0.4) is 0 Å². The summed E-state index contributed by atoms with van der Waals surface area (Å²) in [5.74, 6) is 2.48. The van der Waals surface area contributed by atoms with Crippen molar-refractivity contribution in [3.8, 4) is 0 Å². The van der Waals surface area contributed by atoms with E-state index in [-0.39, 0.29) is 5.56 Å². The Morgan fingerprint density at radius 3 is 2.90 bits per heavy atom. The van der Waals surface area contributed by atoms with Gasteiger partial charge < -0.3 is 0 Å². The Labute approximate surface area is 129 Å². The van der Waals surface area contributed by atoms with Crippen molar-refractivity contribution in [2.45, 2.75) is 32.4 Å². The molecule has 0 bridgehead atoms. The highest BCUT2D eigenvalue weighted by molar-refractivity contribution is 7.99. The van der Waals surface area contributed by atoms with Crippen LogP contribution < -0.4 is 5.56 Å². The highest BCUT2D eigenvalue weighted by Crippen LogP contribution is 2.21. The van der Waals surface area contributed by atoms with Crippen LogP contribution in [0.5, 0.6) is 0 Å². The Morgan fingerprint density at radius 1 is 1.38 bits per heavy atom. The molecule has 2 aromatic rings. The highest BCUT2D eigenvalue weighted by Gasteiger charge is 2.19. The van der Waals surface area contributed by atoms with Crippen LogP contribution in [0.25, 0.3) is 5.65 Å². The van der Waals surface area contributed by atoms with Gasteiger partial charge in [-0.25, -0.2) is 4.98 Å². The molecule has 1 aliphatic heterocycles. The number of pyridine rings is 1. The lowest BCUT2D eigenvalue weighted by molar-refractivity contribution is 0.219. The van der Waals surface area contributed by atoms with Crippen LogP contribution in [0.4, 0.5) is 0 Å². The molecule has 2 aromatic heterocycles. The molecule has 0 atom stereocenters. The maximum Gasteiger partial charge on any atom is 0.258 e. The predicted molar refractivity (Wildman–Crippen MR) is 88.0 cm³/mol. The van der Waals surface area contributed by atoms with E-state index in [4.69, 9.17) is 0 Å². The van der Waals surface area contributed by atoms with Crippen molar-refractivity contribution >= 4 is 17.4 Å². The largest absolute Gasteiger partial charge is 0.298 e. The molecule has 3 heterocycles. The Bertz CT molecular complexity index is 691. The molecule has 0 N–H and O–H groups in total. The van der Waals surface area contributed by atoms with Gasteiger partial charge in [0.2, 0.25) is 0 Å². The maximum atomic E-state index is 12.2. The summed E-state index contributed by atoms with van der Waals surface area (Å²) in [4.78, 5) is 19.2. The van der Waals surface area contributed by atoms with Crippen LogP contribution in [0.15, 0.2) is 29.2 Å². The standard InChI is InChI=1S/C16H21N3OS/c1-12-3-4-15-17-13(9-16(20)19(15)10-12)11-18(2)14-5-7-21-8-6-14/h3-4,9-10,14H,5-8,11H2,1-2H3. The first-order valence-electron chi connectivity index (χ1n) is 7.40. The lowest BCUT2D eigenvalue weighted by Crippen LogP contribution is -2.35. The van der Waals surface area contributed by atoms with Crippen molar-refractivity contribution in [1.29, 1.82) is 0 Å². The molecule has 5 heteroatoms. The zero-order valence-corrected chi connectivity index (χ0v) is 13.4. The summed E-state index contributed by atoms with van der Waals surface area (Å²) >= 11 is 2.03. The monoisotopic (exact) mass is 303 g/mol. The van der Waals surface area contributed by atoms with E-state index in [1.54, 1.807) is 10.5 Å². The van der Waals surface area contributed by atoms with Crippen LogP contribution in [0.1, 0.15) is 24.1 Å². The number of aryl methyl sites for hydroxylation is 1. The minimum atomic E-state index is 0.00583. The maximum absolute atomic E-state index is 12.2. The van der Waals surface area contributed by atoms with Gasteiger partial charge in [-0.2, -0.15) is 11.8 Å². The number of hydrogen-bond acceptors (Lipinski definition) is 4. The first kappa shape index (κ1) is 14.6. The summed E-state index contributed by atoms with van der Waals surface area (Å²) in [5.41, 5.74) is 2.67. The van der Waals surface area contributed by atoms with E-state index in [9.17, 15) is 4.79 Å². The molecule has 112 valence electrons. The second-order valence-electron chi connectivity index (χ2n) is 5.78. The van der Waals surface area contributed by atoms with Crippen molar-refractivity contribution in [2.75, 3.05) is 18.6 Å². The molecule has 0 saturated carbocycles. The summed E-state index contributed by atoms with van der Waals surface area (Å²) in [6, 6.07) is 6.19. The molecule has 0 aromatic carbocycles. The van der Waals surface area contributed by atoms with E-state index in [0.717, 1.165) is 23.4 Å². The normalized spacial score (nSPS) is 16.7. The number of thioether (sulfide) groups is 1. The van der Waals surface area contributed by atoms with E-state index < -0.39 is 0 Å². The van der Waals surface area contributed by atoms with Gasteiger partial charge >= 0.3 is 0 Å². The summed E-state index contributed by atoms with van der Waals surface area (Å²) in [6.07, 6.45) is 4.30. The zero-order chi connectivity index (χ0) is 14.8. The Kier molecular flexibility index (Phi) is 4.31. The van der Waals surface area contributed by atoms with E-state index in [0.29, 0.717) is 6.04 Å². The summed E-state index contributed by atoms with van der Waals surface area (Å²) in [7, 11) is 2.14. The number of rotatable bonds is 3. The highest BCUT2D eigenvalue weighted by atomic mass is 32.2. The molecule has 0 aliphatic carbocycles. The molecular weight excluding hydrogens is 282 g/mol. The summed E-state index contributed by atoms with van der Waals surface area (Å²) in [5, 5.41) is 0. The average Bonchev–Trinajstić information content (AvgIpc) is 2.49. The van der Waals surface area contributed by atoms with Gasteiger partial charge in [0.1, 0.15) is 5.65 Å². The molecule has 0 unspecified atom stereocenters. The van der Waals surface area contributed by atoms with E-state index in [1.807, 2.05) is 37.0 Å². The third kappa shape index (κ3) is 3.30. The Morgan fingerprint density at radius 2 is 2.14 bits per heavy atom. The summed E-state index contributed by atoms with van der Waals surface area (Å²) in [6.45, 7) is 2.73. The van der Waals surface area contributed by atoms with Crippen molar-refractivity contribution < 1.29 is 0 Å². The molecule has 0 radical (unpaired) electrons. The molecule has 4 nitrogen and oxygen atoms in total. The van der Waals surface area contributed by atoms with Gasteiger partial charge in [0.25, 0.3) is 5.56 Å². The van der Waals surface area contributed by atoms with Crippen LogP contribution in [0, 0.1) is 6.92 Å². The lowest BCUT2D eigenvalue weighted by atomic mass is 10.1. The minimum Gasteiger partial charge on any atom is -0.298 e. The van der Waals surface area contributed by atoms with Gasteiger partial charge in [0.05, 0.1) is 5.69 Å². The number of aromatic nitrogens is 2. The summed E-state index contributed by atoms with van der Waals surface area (Å²) < 4.78 is 1.62. The van der Waals surface area contributed by atoms with Crippen molar-refractivity contribution in [3.05, 3.63) is 46.0 Å². The molecule has 0 spiro atoms. The molecule has 3 rings (SSSR count). The third-order valence-corrected chi connectivity index (χ3v) is 5.13. The van der Waals surface area contributed by atoms with Crippen molar-refractivity contribution in [1.82, 2.24) is 14.3 Å². The molecule has 1 fully saturated rings. The second kappa shape index (κ2) is 6.20. The van der Waals surface area contributed by atoms with E-state index in [1.165, 1.54) is 24.3 Å². The van der Waals surface area contributed by atoms with Gasteiger partial charge in [0.15, 0.2) is 0 Å². The lowest BCUT2D eigenvalue weighted by Gasteiger charge is -2.30. The zero-order valence-electron chi connectivity index (χ0n) is 12.6. The topological polar surface area (TPSA) is 37.6 Å². The van der Waals surface area contributed by atoms with E-state index in [2.05, 4.69) is 16.9 Å². The average molecular weight is 303 g/mol. The molecule has 1 saturated heterocycles. The molecular formula is C16H21N3OS. The first-order chi connectivity index (χ1) is 10.1. The van der Waals surface area contributed by atoms with Crippen LogP contribution in [0.2, 0.25) is 0 Å². The number of fused-ring (bicyclic) bond motifs is 1. The van der Waals surface area contributed by atoms with Gasteiger partial charge in [-0.3, -0.25) is 14.1 Å². The van der Waals surface area contributed by atoms with Gasteiger partial charge in [-0.05, 0) is 49.9 Å². The first-order valence-corrected chi connectivity index (χ1v) is 8.56. The Balaban J connectivity index is 1.84. The third-order valence-electron chi connectivity index (χ3n) is 4.09. The fraction of sp³-hybridized carbons (Fsp3) is 0.500. The fourth-order valence-electron chi connectivity index (χ4n) is 2.85. The van der Waals surface area contributed by atoms with Crippen LogP contribution in [-0.4, -0.2) is 38.9 Å². The minimum absolute atomic E-state index is 0.00583. The molecule has 1 aliphatic rings. The van der Waals surface area contributed by atoms with Crippen LogP contribution in [-0.2, 0) is 6.54 Å². The second-order valence-corrected chi connectivity index (χ2v) is 7.00. The van der Waals surface area contributed by atoms with E-state index >= 15 is 0 Å². The van der Waals surface area contributed by atoms with Gasteiger partial charge in [-0.15, -0.1) is 0 Å². The van der Waals surface area contributed by atoms with Crippen molar-refractivity contribution in [3.63, 3.8) is 0 Å². The van der Waals surface area contributed by atoms with Gasteiger partial charge in [-0.1, -0.05) is 6.07 Å². The van der Waals surface area contributed by atoms with Crippen LogP contribution >= 0.6 is 11.8 Å². The smallest absolute Gasteiger partial charge is 0.258 e. The SMILES string of the molecule is Cc1ccc2nc(CN(C)C3CCSCC3)cc(=O)n2c1. The quantitative estimate of drug-likeness (QED) is 0.872. The van der Waals surface area contributed by atoms with Gasteiger partial charge in [0, 0.05) is 24.8 Å². The van der Waals surface area contributed by atoms with Crippen molar-refractivity contribution in [2.24, 2.45) is 0 Å². The number of nitrogens with zero attached hydrogens (tertiary/aromatic N) is 3. The predicted octanol–water partition coefficient (Wildman–Crippen LogP) is 2.33. The Hall–Kier alpha value is -1.33. The fourth-order valence-corrected chi connectivity index (χ4v) is 3.93. The number of hydrogen-bond donors (Lipinski definition) is 0. The molecule has 0 amide bonds. The molecule has 21 heavy (non-hydrogen) atoms.